The Hall–Kier alpha value is -1.66. The third kappa shape index (κ3) is 2.70. The molecule has 122 valence electrons. The van der Waals surface area contributed by atoms with Gasteiger partial charge in [-0.05, 0) is 26.0 Å². The summed E-state index contributed by atoms with van der Waals surface area (Å²) >= 11 is 1.61. The standard InChI is InChI=1S/C17H22N4OS/c1-20-6-7-21(15-5-3-2-4-14(15)20)17(22)12-8-16(23-11-12)13-9-18-19-10-13/h8-11,14-15H,2-7H2,1H3,(H,18,19). The Balaban J connectivity index is 1.56. The van der Waals surface area contributed by atoms with E-state index in [9.17, 15) is 4.79 Å². The third-order valence-corrected chi connectivity index (χ3v) is 6.22. The van der Waals surface area contributed by atoms with Gasteiger partial charge in [-0.1, -0.05) is 12.8 Å². The van der Waals surface area contributed by atoms with Gasteiger partial charge in [0.05, 0.1) is 11.8 Å². The maximum Gasteiger partial charge on any atom is 0.255 e. The van der Waals surface area contributed by atoms with Crippen molar-refractivity contribution in [3.05, 3.63) is 29.4 Å². The molecule has 1 amide bonds. The molecule has 2 atom stereocenters. The highest BCUT2D eigenvalue weighted by molar-refractivity contribution is 7.13. The molecule has 0 spiro atoms. The van der Waals surface area contributed by atoms with Crippen LogP contribution in [0.2, 0.25) is 0 Å². The Labute approximate surface area is 140 Å². The second-order valence-electron chi connectivity index (χ2n) is 6.58. The summed E-state index contributed by atoms with van der Waals surface area (Å²) in [6.07, 6.45) is 8.55. The number of aromatic nitrogens is 2. The number of rotatable bonds is 2. The van der Waals surface area contributed by atoms with Gasteiger partial charge in [0, 0.05) is 47.2 Å². The highest BCUT2D eigenvalue weighted by atomic mass is 32.1. The number of likely N-dealkylation sites (N-methyl/N-ethyl adjacent to an activating group) is 1. The zero-order valence-corrected chi connectivity index (χ0v) is 14.2. The average Bonchev–Trinajstić information content (AvgIpc) is 3.26. The van der Waals surface area contributed by atoms with Crippen LogP contribution in [-0.2, 0) is 0 Å². The van der Waals surface area contributed by atoms with Crippen molar-refractivity contribution in [3.8, 4) is 10.4 Å². The molecule has 5 nitrogen and oxygen atoms in total. The van der Waals surface area contributed by atoms with Crippen molar-refractivity contribution in [2.75, 3.05) is 20.1 Å². The first-order valence-electron chi connectivity index (χ1n) is 8.33. The van der Waals surface area contributed by atoms with Crippen molar-refractivity contribution in [2.24, 2.45) is 0 Å². The van der Waals surface area contributed by atoms with Crippen molar-refractivity contribution in [1.29, 1.82) is 0 Å². The molecule has 6 heteroatoms. The van der Waals surface area contributed by atoms with Crippen molar-refractivity contribution < 1.29 is 4.79 Å². The number of H-pyrrole nitrogens is 1. The van der Waals surface area contributed by atoms with Crippen LogP contribution in [0.25, 0.3) is 10.4 Å². The molecule has 0 bridgehead atoms. The molecule has 1 aliphatic heterocycles. The van der Waals surface area contributed by atoms with Gasteiger partial charge in [-0.2, -0.15) is 5.10 Å². The smallest absolute Gasteiger partial charge is 0.255 e. The van der Waals surface area contributed by atoms with Gasteiger partial charge in [-0.25, -0.2) is 0 Å². The maximum absolute atomic E-state index is 13.0. The van der Waals surface area contributed by atoms with E-state index in [-0.39, 0.29) is 5.91 Å². The van der Waals surface area contributed by atoms with Crippen LogP contribution in [0.3, 0.4) is 0 Å². The van der Waals surface area contributed by atoms with E-state index in [1.165, 1.54) is 19.3 Å². The lowest BCUT2D eigenvalue weighted by Crippen LogP contribution is -2.60. The number of thiophene rings is 1. The molecule has 4 rings (SSSR count). The first-order valence-corrected chi connectivity index (χ1v) is 9.21. The summed E-state index contributed by atoms with van der Waals surface area (Å²) in [7, 11) is 2.20. The minimum atomic E-state index is 0.195. The molecule has 0 aromatic carbocycles. The fourth-order valence-electron chi connectivity index (χ4n) is 3.97. The van der Waals surface area contributed by atoms with Gasteiger partial charge in [0.25, 0.3) is 5.91 Å². The number of carbonyl (C=O) groups is 1. The van der Waals surface area contributed by atoms with Crippen molar-refractivity contribution in [1.82, 2.24) is 20.0 Å². The minimum Gasteiger partial charge on any atom is -0.333 e. The number of fused-ring (bicyclic) bond motifs is 1. The third-order valence-electron chi connectivity index (χ3n) is 5.24. The molecule has 3 heterocycles. The van der Waals surface area contributed by atoms with E-state index in [0.29, 0.717) is 12.1 Å². The summed E-state index contributed by atoms with van der Waals surface area (Å²) in [5.74, 6) is 0.195. The number of hydrogen-bond donors (Lipinski definition) is 1. The van der Waals surface area contributed by atoms with Gasteiger partial charge in [0.1, 0.15) is 0 Å². The second kappa shape index (κ2) is 6.09. The molecule has 0 radical (unpaired) electrons. The van der Waals surface area contributed by atoms with Crippen LogP contribution in [0.4, 0.5) is 0 Å². The molecular formula is C17H22N4OS. The van der Waals surface area contributed by atoms with Gasteiger partial charge >= 0.3 is 0 Å². The summed E-state index contributed by atoms with van der Waals surface area (Å²) in [5.41, 5.74) is 1.86. The van der Waals surface area contributed by atoms with Gasteiger partial charge in [0.15, 0.2) is 0 Å². The maximum atomic E-state index is 13.0. The molecule has 1 N–H and O–H groups in total. The number of nitrogens with one attached hydrogen (secondary N) is 1. The van der Waals surface area contributed by atoms with Crippen LogP contribution in [0.15, 0.2) is 23.8 Å². The van der Waals surface area contributed by atoms with Crippen molar-refractivity contribution >= 4 is 17.2 Å². The number of amides is 1. The first-order chi connectivity index (χ1) is 11.2. The molecule has 2 aromatic rings. The van der Waals surface area contributed by atoms with Crippen LogP contribution >= 0.6 is 11.3 Å². The number of carbonyl (C=O) groups excluding carboxylic acids is 1. The van der Waals surface area contributed by atoms with E-state index in [4.69, 9.17) is 0 Å². The normalized spacial score (nSPS) is 25.3. The minimum absolute atomic E-state index is 0.195. The Bertz CT molecular complexity index is 681. The number of nitrogens with zero attached hydrogens (tertiary/aromatic N) is 3. The quantitative estimate of drug-likeness (QED) is 0.921. The van der Waals surface area contributed by atoms with E-state index < -0.39 is 0 Å². The van der Waals surface area contributed by atoms with E-state index >= 15 is 0 Å². The fraction of sp³-hybridized carbons (Fsp3) is 0.529. The number of hydrogen-bond acceptors (Lipinski definition) is 4. The second-order valence-corrected chi connectivity index (χ2v) is 7.50. The van der Waals surface area contributed by atoms with Gasteiger partial charge in [-0.15, -0.1) is 11.3 Å². The molecule has 2 aliphatic rings. The van der Waals surface area contributed by atoms with E-state index in [1.807, 2.05) is 17.6 Å². The van der Waals surface area contributed by atoms with Gasteiger partial charge in [0.2, 0.25) is 0 Å². The predicted molar refractivity (Wildman–Crippen MR) is 91.6 cm³/mol. The summed E-state index contributed by atoms with van der Waals surface area (Å²) in [5, 5.41) is 8.80. The molecular weight excluding hydrogens is 308 g/mol. The van der Waals surface area contributed by atoms with Crippen molar-refractivity contribution in [2.45, 2.75) is 37.8 Å². The highest BCUT2D eigenvalue weighted by Gasteiger charge is 2.38. The van der Waals surface area contributed by atoms with E-state index in [1.54, 1.807) is 17.5 Å². The molecule has 1 saturated heterocycles. The lowest BCUT2D eigenvalue weighted by molar-refractivity contribution is 0.0117. The van der Waals surface area contributed by atoms with Crippen LogP contribution in [0.1, 0.15) is 36.0 Å². The average molecular weight is 330 g/mol. The summed E-state index contributed by atoms with van der Waals surface area (Å²) in [6, 6.07) is 2.93. The van der Waals surface area contributed by atoms with E-state index in [0.717, 1.165) is 35.5 Å². The van der Waals surface area contributed by atoms with Crippen LogP contribution in [0, 0.1) is 0 Å². The van der Waals surface area contributed by atoms with Crippen LogP contribution in [-0.4, -0.2) is 58.1 Å². The van der Waals surface area contributed by atoms with Crippen LogP contribution < -0.4 is 0 Å². The molecule has 1 saturated carbocycles. The zero-order chi connectivity index (χ0) is 15.8. The fourth-order valence-corrected chi connectivity index (χ4v) is 4.84. The SMILES string of the molecule is CN1CCN(C(=O)c2csc(-c3cn[nH]c3)c2)C2CCCCC21. The van der Waals surface area contributed by atoms with Crippen molar-refractivity contribution in [3.63, 3.8) is 0 Å². The lowest BCUT2D eigenvalue weighted by Gasteiger charge is -2.48. The summed E-state index contributed by atoms with van der Waals surface area (Å²) < 4.78 is 0. The molecule has 23 heavy (non-hydrogen) atoms. The topological polar surface area (TPSA) is 52.2 Å². The predicted octanol–water partition coefficient (Wildman–Crippen LogP) is 2.84. The molecule has 2 fully saturated rings. The lowest BCUT2D eigenvalue weighted by atomic mass is 9.86. The Morgan fingerprint density at radius 2 is 2.13 bits per heavy atom. The Kier molecular flexibility index (Phi) is 3.95. The Morgan fingerprint density at radius 1 is 1.30 bits per heavy atom. The van der Waals surface area contributed by atoms with Crippen LogP contribution in [0.5, 0.6) is 0 Å². The first kappa shape index (κ1) is 14.9. The molecule has 2 aromatic heterocycles. The number of aromatic amines is 1. The zero-order valence-electron chi connectivity index (χ0n) is 13.4. The monoisotopic (exact) mass is 330 g/mol. The molecule has 1 aliphatic carbocycles. The summed E-state index contributed by atoms with van der Waals surface area (Å²) in [4.78, 5) is 18.7. The Morgan fingerprint density at radius 3 is 2.91 bits per heavy atom. The highest BCUT2D eigenvalue weighted by Crippen LogP contribution is 2.32. The summed E-state index contributed by atoms with van der Waals surface area (Å²) in [6.45, 7) is 1.82. The molecule has 2 unspecified atom stereocenters. The van der Waals surface area contributed by atoms with E-state index in [2.05, 4.69) is 27.0 Å². The van der Waals surface area contributed by atoms with Gasteiger partial charge < -0.3 is 4.90 Å². The number of piperazine rings is 1. The van der Waals surface area contributed by atoms with Gasteiger partial charge in [-0.3, -0.25) is 14.8 Å². The largest absolute Gasteiger partial charge is 0.333 e.